The minimum Gasteiger partial charge on any atom is -0.330 e. The number of piperidine rings is 1. The number of sulfonamides is 1. The Bertz CT molecular complexity index is 292. The minimum atomic E-state index is -3.15. The van der Waals surface area contributed by atoms with Crippen LogP contribution in [0.3, 0.4) is 0 Å². The Morgan fingerprint density at radius 2 is 2.07 bits per heavy atom. The van der Waals surface area contributed by atoms with Crippen LogP contribution >= 0.6 is 0 Å². The van der Waals surface area contributed by atoms with Crippen LogP contribution in [0.15, 0.2) is 0 Å². The van der Waals surface area contributed by atoms with Gasteiger partial charge < -0.3 is 11.5 Å². The zero-order valence-electron chi connectivity index (χ0n) is 9.22. The molecule has 2 atom stereocenters. The van der Waals surface area contributed by atoms with Gasteiger partial charge in [-0.2, -0.15) is 0 Å². The van der Waals surface area contributed by atoms with Gasteiger partial charge in [-0.3, -0.25) is 0 Å². The highest BCUT2D eigenvalue weighted by Gasteiger charge is 2.31. The maximum Gasteiger partial charge on any atom is 0.215 e. The van der Waals surface area contributed by atoms with Crippen LogP contribution in [0.25, 0.3) is 0 Å². The average Bonchev–Trinajstić information content (AvgIpc) is 2.18. The Labute approximate surface area is 91.9 Å². The third-order valence-electron chi connectivity index (χ3n) is 3.15. The first-order valence-electron chi connectivity index (χ1n) is 5.39. The van der Waals surface area contributed by atoms with Gasteiger partial charge in [0.05, 0.1) is 5.75 Å². The molecule has 2 unspecified atom stereocenters. The summed E-state index contributed by atoms with van der Waals surface area (Å²) in [4.78, 5) is 0. The largest absolute Gasteiger partial charge is 0.330 e. The lowest BCUT2D eigenvalue weighted by molar-refractivity contribution is 0.203. The first-order chi connectivity index (χ1) is 7.01. The molecule has 0 bridgehead atoms. The molecule has 0 aromatic heterocycles. The highest BCUT2D eigenvalue weighted by Crippen LogP contribution is 2.24. The van der Waals surface area contributed by atoms with Crippen LogP contribution in [-0.2, 0) is 10.0 Å². The van der Waals surface area contributed by atoms with Gasteiger partial charge in [-0.05, 0) is 24.8 Å². The lowest BCUT2D eigenvalue weighted by Gasteiger charge is -2.35. The molecule has 0 aromatic carbocycles. The summed E-state index contributed by atoms with van der Waals surface area (Å²) < 4.78 is 25.1. The van der Waals surface area contributed by atoms with E-state index < -0.39 is 10.0 Å². The Kier molecular flexibility index (Phi) is 4.51. The molecule has 0 aliphatic carbocycles. The standard InChI is InChI=1S/C9H21N3O2S/c1-8-2-4-12(7-9(8)6-11)15(13,14)5-3-10/h8-9H,2-7,10-11H2,1H3. The zero-order valence-corrected chi connectivity index (χ0v) is 10.0. The van der Waals surface area contributed by atoms with E-state index in [0.717, 1.165) is 6.42 Å². The topological polar surface area (TPSA) is 89.4 Å². The average molecular weight is 235 g/mol. The lowest BCUT2D eigenvalue weighted by atomic mass is 9.88. The maximum absolute atomic E-state index is 11.8. The fraction of sp³-hybridized carbons (Fsp3) is 1.00. The highest BCUT2D eigenvalue weighted by atomic mass is 32.2. The summed E-state index contributed by atoms with van der Waals surface area (Å²) >= 11 is 0. The predicted octanol–water partition coefficient (Wildman–Crippen LogP) is -0.808. The summed E-state index contributed by atoms with van der Waals surface area (Å²) in [5, 5.41) is 0. The van der Waals surface area contributed by atoms with E-state index in [1.165, 1.54) is 4.31 Å². The monoisotopic (exact) mass is 235 g/mol. The maximum atomic E-state index is 11.8. The molecule has 1 fully saturated rings. The van der Waals surface area contributed by atoms with Crippen molar-refractivity contribution in [2.24, 2.45) is 23.3 Å². The fourth-order valence-corrected chi connectivity index (χ4v) is 3.31. The van der Waals surface area contributed by atoms with Crippen molar-refractivity contribution in [2.45, 2.75) is 13.3 Å². The van der Waals surface area contributed by atoms with E-state index in [1.54, 1.807) is 0 Å². The highest BCUT2D eigenvalue weighted by molar-refractivity contribution is 7.89. The summed E-state index contributed by atoms with van der Waals surface area (Å²) in [5.41, 5.74) is 10.9. The van der Waals surface area contributed by atoms with Crippen LogP contribution in [-0.4, -0.2) is 44.7 Å². The number of nitrogens with zero attached hydrogens (tertiary/aromatic N) is 1. The number of hydrogen-bond donors (Lipinski definition) is 2. The second-order valence-electron chi connectivity index (χ2n) is 4.22. The Balaban J connectivity index is 2.66. The number of hydrogen-bond acceptors (Lipinski definition) is 4. The number of rotatable bonds is 4. The van der Waals surface area contributed by atoms with Crippen molar-refractivity contribution < 1.29 is 8.42 Å². The molecule has 1 aliphatic heterocycles. The van der Waals surface area contributed by atoms with Gasteiger partial charge in [-0.15, -0.1) is 0 Å². The summed E-state index contributed by atoms with van der Waals surface area (Å²) in [6.45, 7) is 4.03. The van der Waals surface area contributed by atoms with E-state index in [-0.39, 0.29) is 18.2 Å². The summed E-state index contributed by atoms with van der Waals surface area (Å²) in [6.07, 6.45) is 0.895. The molecule has 0 aromatic rings. The minimum absolute atomic E-state index is 0.0403. The van der Waals surface area contributed by atoms with Crippen molar-refractivity contribution in [2.75, 3.05) is 31.9 Å². The number of nitrogens with two attached hydrogens (primary N) is 2. The van der Waals surface area contributed by atoms with Gasteiger partial charge in [0.15, 0.2) is 0 Å². The Morgan fingerprint density at radius 3 is 2.60 bits per heavy atom. The van der Waals surface area contributed by atoms with Gasteiger partial charge in [0.1, 0.15) is 0 Å². The van der Waals surface area contributed by atoms with Gasteiger partial charge >= 0.3 is 0 Å². The third-order valence-corrected chi connectivity index (χ3v) is 5.02. The van der Waals surface area contributed by atoms with Crippen molar-refractivity contribution in [1.29, 1.82) is 0 Å². The van der Waals surface area contributed by atoms with Crippen molar-refractivity contribution in [3.8, 4) is 0 Å². The fourth-order valence-electron chi connectivity index (χ4n) is 1.95. The van der Waals surface area contributed by atoms with Crippen LogP contribution in [0.2, 0.25) is 0 Å². The van der Waals surface area contributed by atoms with Crippen molar-refractivity contribution in [1.82, 2.24) is 4.31 Å². The van der Waals surface area contributed by atoms with Crippen LogP contribution in [0.1, 0.15) is 13.3 Å². The molecule has 90 valence electrons. The summed E-state index contributed by atoms with van der Waals surface area (Å²) in [6, 6.07) is 0. The molecular weight excluding hydrogens is 214 g/mol. The Hall–Kier alpha value is -0.170. The zero-order chi connectivity index (χ0) is 11.5. The van der Waals surface area contributed by atoms with Gasteiger partial charge in [0.25, 0.3) is 0 Å². The molecule has 1 rings (SSSR count). The smallest absolute Gasteiger partial charge is 0.215 e. The molecule has 15 heavy (non-hydrogen) atoms. The first-order valence-corrected chi connectivity index (χ1v) is 7.00. The predicted molar refractivity (Wildman–Crippen MR) is 60.7 cm³/mol. The van der Waals surface area contributed by atoms with Crippen LogP contribution < -0.4 is 11.5 Å². The lowest BCUT2D eigenvalue weighted by Crippen LogP contribution is -2.46. The van der Waals surface area contributed by atoms with Gasteiger partial charge in [-0.25, -0.2) is 12.7 Å². The van der Waals surface area contributed by atoms with Crippen LogP contribution in [0, 0.1) is 11.8 Å². The van der Waals surface area contributed by atoms with Crippen LogP contribution in [0.4, 0.5) is 0 Å². The van der Waals surface area contributed by atoms with E-state index in [9.17, 15) is 8.42 Å². The normalized spacial score (nSPS) is 29.3. The molecular formula is C9H21N3O2S. The third kappa shape index (κ3) is 3.14. The van der Waals surface area contributed by atoms with Gasteiger partial charge in [0, 0.05) is 19.6 Å². The van der Waals surface area contributed by atoms with Gasteiger partial charge in [-0.1, -0.05) is 6.92 Å². The summed E-state index contributed by atoms with van der Waals surface area (Å²) in [5.74, 6) is 0.837. The van der Waals surface area contributed by atoms with Crippen LogP contribution in [0.5, 0.6) is 0 Å². The molecule has 0 radical (unpaired) electrons. The summed E-state index contributed by atoms with van der Waals surface area (Å²) in [7, 11) is -3.15. The SMILES string of the molecule is CC1CCN(S(=O)(=O)CCN)CC1CN. The van der Waals surface area contributed by atoms with E-state index in [1.807, 2.05) is 0 Å². The second kappa shape index (κ2) is 5.25. The van der Waals surface area contributed by atoms with Crippen molar-refractivity contribution >= 4 is 10.0 Å². The molecule has 6 heteroatoms. The molecule has 0 amide bonds. The van der Waals surface area contributed by atoms with Crippen molar-refractivity contribution in [3.05, 3.63) is 0 Å². The first kappa shape index (κ1) is 12.9. The van der Waals surface area contributed by atoms with E-state index in [4.69, 9.17) is 11.5 Å². The van der Waals surface area contributed by atoms with E-state index >= 15 is 0 Å². The molecule has 5 nitrogen and oxygen atoms in total. The molecule has 0 saturated carbocycles. The van der Waals surface area contributed by atoms with E-state index in [0.29, 0.717) is 25.6 Å². The van der Waals surface area contributed by atoms with Crippen molar-refractivity contribution in [3.63, 3.8) is 0 Å². The quantitative estimate of drug-likeness (QED) is 0.667. The molecule has 0 spiro atoms. The second-order valence-corrected chi connectivity index (χ2v) is 6.31. The Morgan fingerprint density at radius 1 is 1.40 bits per heavy atom. The van der Waals surface area contributed by atoms with Gasteiger partial charge in [0.2, 0.25) is 10.0 Å². The molecule has 1 heterocycles. The molecule has 4 N–H and O–H groups in total. The molecule has 1 saturated heterocycles. The van der Waals surface area contributed by atoms with E-state index in [2.05, 4.69) is 6.92 Å². The molecule has 1 aliphatic rings.